The molecule has 1 unspecified atom stereocenters. The zero-order valence-electron chi connectivity index (χ0n) is 7.35. The van der Waals surface area contributed by atoms with Gasteiger partial charge in [0.15, 0.2) is 0 Å². The summed E-state index contributed by atoms with van der Waals surface area (Å²) in [5.41, 5.74) is 4.71. The molecule has 1 aromatic rings. The number of halogens is 2. The summed E-state index contributed by atoms with van der Waals surface area (Å²) in [5.74, 6) is 0. The van der Waals surface area contributed by atoms with Crippen molar-refractivity contribution < 1.29 is 0 Å². The van der Waals surface area contributed by atoms with Crippen molar-refractivity contribution in [1.82, 2.24) is 0 Å². The molecule has 2 rings (SSSR count). The molecular formula is C10H10BrClSi. The molecule has 0 aliphatic heterocycles. The minimum absolute atomic E-state index is 0.499. The van der Waals surface area contributed by atoms with Crippen LogP contribution in [0.25, 0.3) is 6.08 Å². The Bertz CT molecular complexity index is 373. The van der Waals surface area contributed by atoms with Gasteiger partial charge in [0.1, 0.15) is 8.83 Å². The molecule has 0 nitrogen and oxygen atoms in total. The Hall–Kier alpha value is -0.0531. The van der Waals surface area contributed by atoms with Crippen LogP contribution in [0.2, 0.25) is 0 Å². The lowest BCUT2D eigenvalue weighted by molar-refractivity contribution is 1.13. The Labute approximate surface area is 93.6 Å². The molecule has 0 radical (unpaired) electrons. The van der Waals surface area contributed by atoms with Gasteiger partial charge >= 0.3 is 0 Å². The lowest BCUT2D eigenvalue weighted by Crippen LogP contribution is -2.01. The number of hydrogen-bond acceptors (Lipinski definition) is 0. The van der Waals surface area contributed by atoms with Crippen LogP contribution in [0.15, 0.2) is 28.2 Å². The minimum atomic E-state index is -0.499. The zero-order chi connectivity index (χ0) is 9.42. The second-order valence-electron chi connectivity index (χ2n) is 3.34. The summed E-state index contributed by atoms with van der Waals surface area (Å²) in [4.78, 5) is 0. The summed E-state index contributed by atoms with van der Waals surface area (Å²) in [6.45, 7) is 2.17. The van der Waals surface area contributed by atoms with Crippen LogP contribution in [0.3, 0.4) is 0 Å². The van der Waals surface area contributed by atoms with Crippen LogP contribution < -0.4 is 0 Å². The average Bonchev–Trinajstić information content (AvgIpc) is 2.43. The van der Waals surface area contributed by atoms with Gasteiger partial charge in [0, 0.05) is 10.0 Å². The standard InChI is InChI=1S/C10H10BrClSi/c1-6-5-8-7(10(6)13-12)3-2-4-9(8)11/h2-5,10H,13H2,1H3. The number of hydrogen-bond donors (Lipinski definition) is 0. The van der Waals surface area contributed by atoms with Gasteiger partial charge in [0.25, 0.3) is 0 Å². The predicted molar refractivity (Wildman–Crippen MR) is 64.9 cm³/mol. The summed E-state index contributed by atoms with van der Waals surface area (Å²) in [5, 5.41) is 0. The van der Waals surface area contributed by atoms with E-state index < -0.39 is 8.83 Å². The monoisotopic (exact) mass is 272 g/mol. The molecule has 0 saturated carbocycles. The SMILES string of the molecule is CC1=Cc2c(Br)cccc2C1[SiH2]Cl. The quantitative estimate of drug-likeness (QED) is 0.544. The summed E-state index contributed by atoms with van der Waals surface area (Å²) in [6, 6.07) is 6.36. The Morgan fingerprint density at radius 3 is 2.92 bits per heavy atom. The van der Waals surface area contributed by atoms with Crippen molar-refractivity contribution in [2.75, 3.05) is 0 Å². The van der Waals surface area contributed by atoms with E-state index in [2.05, 4.69) is 47.1 Å². The maximum Gasteiger partial charge on any atom is 0.136 e. The molecule has 13 heavy (non-hydrogen) atoms. The highest BCUT2D eigenvalue weighted by molar-refractivity contribution is 9.10. The van der Waals surface area contributed by atoms with Crippen molar-refractivity contribution in [3.63, 3.8) is 0 Å². The number of fused-ring (bicyclic) bond motifs is 1. The van der Waals surface area contributed by atoms with Gasteiger partial charge in [-0.25, -0.2) is 0 Å². The van der Waals surface area contributed by atoms with Gasteiger partial charge in [-0.05, 0) is 24.1 Å². The van der Waals surface area contributed by atoms with Gasteiger partial charge < -0.3 is 0 Å². The molecule has 3 heteroatoms. The van der Waals surface area contributed by atoms with Crippen LogP contribution in [-0.4, -0.2) is 8.83 Å². The largest absolute Gasteiger partial charge is 0.175 e. The Kier molecular flexibility index (Phi) is 2.63. The number of rotatable bonds is 1. The van der Waals surface area contributed by atoms with E-state index in [0.717, 1.165) is 0 Å². The van der Waals surface area contributed by atoms with Crippen LogP contribution in [0.1, 0.15) is 23.6 Å². The van der Waals surface area contributed by atoms with E-state index in [-0.39, 0.29) is 0 Å². The maximum atomic E-state index is 6.07. The van der Waals surface area contributed by atoms with E-state index in [1.165, 1.54) is 21.2 Å². The van der Waals surface area contributed by atoms with Gasteiger partial charge in [-0.3, -0.25) is 0 Å². The summed E-state index contributed by atoms with van der Waals surface area (Å²) in [6.07, 6.45) is 2.25. The molecule has 0 fully saturated rings. The molecule has 0 amide bonds. The molecule has 1 aromatic carbocycles. The topological polar surface area (TPSA) is 0 Å². The van der Waals surface area contributed by atoms with Crippen molar-refractivity contribution >= 4 is 41.9 Å². The summed E-state index contributed by atoms with van der Waals surface area (Å²) in [7, 11) is -0.499. The molecule has 0 heterocycles. The maximum absolute atomic E-state index is 6.07. The first-order valence-corrected chi connectivity index (χ1v) is 8.01. The lowest BCUT2D eigenvalue weighted by atomic mass is 10.1. The number of benzene rings is 1. The molecule has 0 spiro atoms. The van der Waals surface area contributed by atoms with E-state index in [4.69, 9.17) is 11.1 Å². The van der Waals surface area contributed by atoms with E-state index >= 15 is 0 Å². The first-order valence-electron chi connectivity index (χ1n) is 4.26. The van der Waals surface area contributed by atoms with Crippen LogP contribution in [0.4, 0.5) is 0 Å². The van der Waals surface area contributed by atoms with Gasteiger partial charge in [-0.15, -0.1) is 0 Å². The molecule has 0 aromatic heterocycles. The fraction of sp³-hybridized carbons (Fsp3) is 0.200. The minimum Gasteiger partial charge on any atom is -0.175 e. The molecule has 1 atom stereocenters. The van der Waals surface area contributed by atoms with Crippen molar-refractivity contribution in [2.45, 2.75) is 12.5 Å². The van der Waals surface area contributed by atoms with Crippen molar-refractivity contribution in [3.8, 4) is 0 Å². The summed E-state index contributed by atoms with van der Waals surface area (Å²) >= 11 is 9.62. The molecule has 68 valence electrons. The van der Waals surface area contributed by atoms with E-state index in [1.54, 1.807) is 0 Å². The van der Waals surface area contributed by atoms with Crippen LogP contribution in [-0.2, 0) is 0 Å². The van der Waals surface area contributed by atoms with E-state index in [1.807, 2.05) is 0 Å². The Balaban J connectivity index is 2.57. The number of allylic oxidation sites excluding steroid dienone is 1. The van der Waals surface area contributed by atoms with Gasteiger partial charge in [0.2, 0.25) is 0 Å². The van der Waals surface area contributed by atoms with Gasteiger partial charge in [-0.2, -0.15) is 11.1 Å². The zero-order valence-corrected chi connectivity index (χ0v) is 11.1. The van der Waals surface area contributed by atoms with Gasteiger partial charge in [0.05, 0.1) is 0 Å². The van der Waals surface area contributed by atoms with Gasteiger partial charge in [-0.1, -0.05) is 39.7 Å². The first-order chi connectivity index (χ1) is 6.24. The smallest absolute Gasteiger partial charge is 0.136 e. The third-order valence-electron chi connectivity index (χ3n) is 2.54. The third kappa shape index (κ3) is 1.51. The highest BCUT2D eigenvalue weighted by atomic mass is 79.9. The fourth-order valence-electron chi connectivity index (χ4n) is 1.79. The Morgan fingerprint density at radius 2 is 2.23 bits per heavy atom. The first kappa shape index (κ1) is 9.50. The molecule has 1 aliphatic carbocycles. The van der Waals surface area contributed by atoms with Crippen molar-refractivity contribution in [1.29, 1.82) is 0 Å². The van der Waals surface area contributed by atoms with Crippen molar-refractivity contribution in [3.05, 3.63) is 39.4 Å². The molecular weight excluding hydrogens is 264 g/mol. The fourth-order valence-corrected chi connectivity index (χ4v) is 4.40. The highest BCUT2D eigenvalue weighted by Gasteiger charge is 2.22. The molecule has 1 aliphatic rings. The van der Waals surface area contributed by atoms with Crippen LogP contribution in [0.5, 0.6) is 0 Å². The van der Waals surface area contributed by atoms with E-state index in [9.17, 15) is 0 Å². The third-order valence-corrected chi connectivity index (χ3v) is 5.55. The predicted octanol–water partition coefficient (Wildman–Crippen LogP) is 3.23. The summed E-state index contributed by atoms with van der Waals surface area (Å²) < 4.78 is 1.19. The second kappa shape index (κ2) is 3.60. The molecule has 0 saturated heterocycles. The second-order valence-corrected chi connectivity index (χ2v) is 6.24. The highest BCUT2D eigenvalue weighted by Crippen LogP contribution is 2.38. The van der Waals surface area contributed by atoms with Crippen LogP contribution >= 0.6 is 27.0 Å². The molecule has 0 bridgehead atoms. The Morgan fingerprint density at radius 1 is 1.46 bits per heavy atom. The van der Waals surface area contributed by atoms with Crippen molar-refractivity contribution in [2.24, 2.45) is 0 Å². The van der Waals surface area contributed by atoms with E-state index in [0.29, 0.717) is 5.54 Å². The lowest BCUT2D eigenvalue weighted by Gasteiger charge is -2.09. The molecule has 0 N–H and O–H groups in total. The normalized spacial score (nSPS) is 20.8. The van der Waals surface area contributed by atoms with Crippen LogP contribution in [0, 0.1) is 0 Å². The average molecular weight is 274 g/mol.